The summed E-state index contributed by atoms with van der Waals surface area (Å²) in [5, 5.41) is 12.5. The molecular weight excluding hydrogens is 218 g/mol. The second-order valence-corrected chi connectivity index (χ2v) is 4.13. The first-order valence-electron chi connectivity index (χ1n) is 4.45. The van der Waals surface area contributed by atoms with Gasteiger partial charge in [-0.15, -0.1) is 0 Å². The average molecular weight is 228 g/mol. The van der Waals surface area contributed by atoms with E-state index in [9.17, 15) is 4.79 Å². The van der Waals surface area contributed by atoms with Gasteiger partial charge in [-0.05, 0) is 19.1 Å². The predicted octanol–water partition coefficient (Wildman–Crippen LogP) is 1.99. The zero-order chi connectivity index (χ0) is 11.1. The molecule has 4 nitrogen and oxygen atoms in total. The molecule has 1 aromatic carbocycles. The smallest absolute Gasteiger partial charge is 0.332 e. The van der Waals surface area contributed by atoms with Gasteiger partial charge in [0.2, 0.25) is 0 Å². The number of anilines is 1. The molecule has 1 atom stereocenters. The Labute approximate surface area is 91.8 Å². The molecule has 0 bridgehead atoms. The van der Waals surface area contributed by atoms with Crippen molar-refractivity contribution in [1.82, 2.24) is 0 Å². The lowest BCUT2D eigenvalue weighted by atomic mass is 10.0. The number of carbonyl (C=O) groups is 1. The quantitative estimate of drug-likeness (QED) is 0.770. The highest BCUT2D eigenvalue weighted by Crippen LogP contribution is 2.34. The first-order valence-corrected chi connectivity index (χ1v) is 4.83. The molecule has 1 heterocycles. The normalized spacial score (nSPS) is 23.6. The van der Waals surface area contributed by atoms with Crippen LogP contribution >= 0.6 is 11.6 Å². The molecule has 2 rings (SSSR count). The molecule has 15 heavy (non-hydrogen) atoms. The van der Waals surface area contributed by atoms with Gasteiger partial charge < -0.3 is 15.2 Å². The van der Waals surface area contributed by atoms with Crippen LogP contribution in [0.3, 0.4) is 0 Å². The van der Waals surface area contributed by atoms with Crippen LogP contribution in [0.4, 0.5) is 5.69 Å². The summed E-state index contributed by atoms with van der Waals surface area (Å²) in [5.74, 6) is -0.357. The van der Waals surface area contributed by atoms with E-state index < -0.39 is 11.5 Å². The maximum Gasteiger partial charge on any atom is 0.332 e. The molecule has 1 aliphatic rings. The highest BCUT2D eigenvalue weighted by Gasteiger charge is 2.37. The van der Waals surface area contributed by atoms with E-state index in [-0.39, 0.29) is 6.61 Å². The second kappa shape index (κ2) is 3.31. The zero-order valence-corrected chi connectivity index (χ0v) is 8.84. The number of aliphatic carboxylic acids is 1. The number of ether oxygens (including phenoxy) is 1. The molecule has 0 aliphatic carbocycles. The third kappa shape index (κ3) is 1.72. The van der Waals surface area contributed by atoms with E-state index in [1.54, 1.807) is 25.1 Å². The fraction of sp³-hybridized carbons (Fsp3) is 0.300. The highest BCUT2D eigenvalue weighted by molar-refractivity contribution is 6.30. The molecular formula is C10H10ClNO3. The van der Waals surface area contributed by atoms with E-state index in [1.807, 2.05) is 0 Å². The monoisotopic (exact) mass is 227 g/mol. The Morgan fingerprint density at radius 2 is 2.40 bits per heavy atom. The molecule has 0 spiro atoms. The van der Waals surface area contributed by atoms with E-state index >= 15 is 0 Å². The molecule has 0 amide bonds. The lowest BCUT2D eigenvalue weighted by molar-refractivity contribution is -0.143. The summed E-state index contributed by atoms with van der Waals surface area (Å²) in [6.07, 6.45) is 0. The summed E-state index contributed by atoms with van der Waals surface area (Å²) < 4.78 is 5.35. The van der Waals surface area contributed by atoms with Crippen molar-refractivity contribution < 1.29 is 14.6 Å². The Morgan fingerprint density at radius 3 is 3.07 bits per heavy atom. The van der Waals surface area contributed by atoms with E-state index in [0.717, 1.165) is 0 Å². The van der Waals surface area contributed by atoms with Crippen molar-refractivity contribution in [3.63, 3.8) is 0 Å². The number of hydrogen-bond donors (Lipinski definition) is 2. The molecule has 0 saturated carbocycles. The summed E-state index contributed by atoms with van der Waals surface area (Å²) >= 11 is 5.79. The maximum absolute atomic E-state index is 11.0. The Balaban J connectivity index is 2.35. The number of nitrogens with one attached hydrogen (secondary N) is 1. The van der Waals surface area contributed by atoms with Crippen LogP contribution in [0.1, 0.15) is 6.92 Å². The van der Waals surface area contributed by atoms with Gasteiger partial charge in [-0.2, -0.15) is 0 Å². The van der Waals surface area contributed by atoms with Crippen molar-refractivity contribution in [2.45, 2.75) is 12.5 Å². The van der Waals surface area contributed by atoms with Gasteiger partial charge in [0.1, 0.15) is 12.4 Å². The second-order valence-electron chi connectivity index (χ2n) is 3.69. The Hall–Kier alpha value is -1.42. The number of fused-ring (bicyclic) bond motifs is 1. The minimum atomic E-state index is -1.08. The van der Waals surface area contributed by atoms with E-state index in [0.29, 0.717) is 16.5 Å². The molecule has 80 valence electrons. The molecule has 5 heteroatoms. The first-order chi connectivity index (χ1) is 7.01. The van der Waals surface area contributed by atoms with Gasteiger partial charge in [0.25, 0.3) is 0 Å². The Morgan fingerprint density at radius 1 is 1.67 bits per heavy atom. The average Bonchev–Trinajstić information content (AvgIpc) is 2.18. The van der Waals surface area contributed by atoms with Crippen LogP contribution in [-0.2, 0) is 4.79 Å². The van der Waals surface area contributed by atoms with Gasteiger partial charge in [0.15, 0.2) is 5.54 Å². The largest absolute Gasteiger partial charge is 0.488 e. The summed E-state index contributed by atoms with van der Waals surface area (Å²) in [7, 11) is 0. The van der Waals surface area contributed by atoms with Crippen molar-refractivity contribution in [2.75, 3.05) is 11.9 Å². The minimum Gasteiger partial charge on any atom is -0.488 e. The summed E-state index contributed by atoms with van der Waals surface area (Å²) in [5.41, 5.74) is -0.434. The van der Waals surface area contributed by atoms with Crippen molar-refractivity contribution >= 4 is 23.3 Å². The summed E-state index contributed by atoms with van der Waals surface area (Å²) in [4.78, 5) is 11.0. The minimum absolute atomic E-state index is 0.0790. The van der Waals surface area contributed by atoms with Gasteiger partial charge in [-0.3, -0.25) is 0 Å². The third-order valence-electron chi connectivity index (χ3n) is 2.34. The number of benzene rings is 1. The summed E-state index contributed by atoms with van der Waals surface area (Å²) in [6, 6.07) is 5.05. The molecule has 1 aromatic rings. The number of rotatable bonds is 1. The van der Waals surface area contributed by atoms with Crippen molar-refractivity contribution in [1.29, 1.82) is 0 Å². The topological polar surface area (TPSA) is 58.6 Å². The van der Waals surface area contributed by atoms with E-state index in [1.165, 1.54) is 0 Å². The van der Waals surface area contributed by atoms with Crippen LogP contribution in [0.2, 0.25) is 5.02 Å². The zero-order valence-electron chi connectivity index (χ0n) is 8.08. The standard InChI is InChI=1S/C10H10ClNO3/c1-10(9(13)14)5-15-8-4-6(11)2-3-7(8)12-10/h2-4,12H,5H2,1H3,(H,13,14). The number of carboxylic acids is 1. The van der Waals surface area contributed by atoms with Crippen LogP contribution in [0, 0.1) is 0 Å². The first kappa shape index (κ1) is 10.1. The van der Waals surface area contributed by atoms with E-state index in [2.05, 4.69) is 5.32 Å². The number of carboxylic acid groups (broad SMARTS) is 1. The lowest BCUT2D eigenvalue weighted by Gasteiger charge is -2.33. The number of halogens is 1. The molecule has 2 N–H and O–H groups in total. The third-order valence-corrected chi connectivity index (χ3v) is 2.58. The number of hydrogen-bond acceptors (Lipinski definition) is 3. The predicted molar refractivity (Wildman–Crippen MR) is 56.6 cm³/mol. The fourth-order valence-electron chi connectivity index (χ4n) is 1.39. The van der Waals surface area contributed by atoms with Crippen molar-refractivity contribution in [3.05, 3.63) is 23.2 Å². The fourth-order valence-corrected chi connectivity index (χ4v) is 1.55. The molecule has 0 saturated heterocycles. The summed E-state index contributed by atoms with van der Waals surface area (Å²) in [6.45, 7) is 1.66. The van der Waals surface area contributed by atoms with Crippen LogP contribution in [-0.4, -0.2) is 23.2 Å². The van der Waals surface area contributed by atoms with Crippen LogP contribution in [0.5, 0.6) is 5.75 Å². The van der Waals surface area contributed by atoms with Crippen LogP contribution < -0.4 is 10.1 Å². The molecule has 0 aromatic heterocycles. The van der Waals surface area contributed by atoms with Gasteiger partial charge in [0, 0.05) is 11.1 Å². The molecule has 0 radical (unpaired) electrons. The Bertz CT molecular complexity index is 421. The highest BCUT2D eigenvalue weighted by atomic mass is 35.5. The lowest BCUT2D eigenvalue weighted by Crippen LogP contribution is -2.50. The Kier molecular flexibility index (Phi) is 2.23. The van der Waals surface area contributed by atoms with Crippen LogP contribution in [0.25, 0.3) is 0 Å². The SMILES string of the molecule is CC1(C(=O)O)COc2cc(Cl)ccc2N1. The van der Waals surface area contributed by atoms with Crippen molar-refractivity contribution in [2.24, 2.45) is 0 Å². The van der Waals surface area contributed by atoms with Gasteiger partial charge >= 0.3 is 5.97 Å². The van der Waals surface area contributed by atoms with Gasteiger partial charge in [0.05, 0.1) is 5.69 Å². The van der Waals surface area contributed by atoms with E-state index in [4.69, 9.17) is 21.4 Å². The van der Waals surface area contributed by atoms with Gasteiger partial charge in [-0.25, -0.2) is 4.79 Å². The molecule has 1 unspecified atom stereocenters. The van der Waals surface area contributed by atoms with Crippen LogP contribution in [0.15, 0.2) is 18.2 Å². The van der Waals surface area contributed by atoms with Gasteiger partial charge in [-0.1, -0.05) is 11.6 Å². The van der Waals surface area contributed by atoms with Crippen molar-refractivity contribution in [3.8, 4) is 5.75 Å². The molecule has 1 aliphatic heterocycles. The maximum atomic E-state index is 11.0. The molecule has 0 fully saturated rings.